The van der Waals surface area contributed by atoms with E-state index in [0.29, 0.717) is 26.7 Å². The Morgan fingerprint density at radius 2 is 1.89 bits per heavy atom. The van der Waals surface area contributed by atoms with Crippen LogP contribution in [0.4, 0.5) is 24.5 Å². The average molecular weight is 521 g/mol. The third-order valence-corrected chi connectivity index (χ3v) is 7.63. The number of fused-ring (bicyclic) bond motifs is 4. The molecule has 0 bridgehead atoms. The summed E-state index contributed by atoms with van der Waals surface area (Å²) >= 11 is 6.22. The van der Waals surface area contributed by atoms with E-state index in [4.69, 9.17) is 17.3 Å². The Hall–Kier alpha value is -3.44. The van der Waals surface area contributed by atoms with Gasteiger partial charge in [0, 0.05) is 23.0 Å². The second-order valence-electron chi connectivity index (χ2n) is 9.18. The first-order chi connectivity index (χ1) is 16.9. The van der Waals surface area contributed by atoms with Gasteiger partial charge in [-0.15, -0.1) is 0 Å². The summed E-state index contributed by atoms with van der Waals surface area (Å²) in [5.41, 5.74) is 3.71. The summed E-state index contributed by atoms with van der Waals surface area (Å²) in [6, 6.07) is 6.22. The highest BCUT2D eigenvalue weighted by molar-refractivity contribution is 6.32. The minimum absolute atomic E-state index is 0.0445. The number of halogens is 4. The van der Waals surface area contributed by atoms with Crippen LogP contribution in [0.2, 0.25) is 5.02 Å². The molecule has 36 heavy (non-hydrogen) atoms. The van der Waals surface area contributed by atoms with Gasteiger partial charge in [-0.1, -0.05) is 23.7 Å². The van der Waals surface area contributed by atoms with Gasteiger partial charge in [0.15, 0.2) is 0 Å². The van der Waals surface area contributed by atoms with Crippen molar-refractivity contribution in [3.05, 3.63) is 58.1 Å². The molecule has 188 valence electrons. The van der Waals surface area contributed by atoms with Gasteiger partial charge in [-0.25, -0.2) is 4.90 Å². The first kappa shape index (κ1) is 24.3. The molecule has 3 aliphatic heterocycles. The van der Waals surface area contributed by atoms with Crippen LogP contribution in [0.3, 0.4) is 0 Å². The number of rotatable bonds is 4. The highest BCUT2D eigenvalue weighted by Gasteiger charge is 2.70. The van der Waals surface area contributed by atoms with Crippen molar-refractivity contribution >= 4 is 46.6 Å². The number of primary amides is 1. The Kier molecular flexibility index (Phi) is 5.42. The number of imide groups is 1. The summed E-state index contributed by atoms with van der Waals surface area (Å²) in [6.07, 6.45) is -4.77. The van der Waals surface area contributed by atoms with Crippen LogP contribution in [0.1, 0.15) is 29.5 Å². The Bertz CT molecular complexity index is 1350. The summed E-state index contributed by atoms with van der Waals surface area (Å²) in [5.74, 6) is -5.17. The lowest BCUT2D eigenvalue weighted by molar-refractivity contribution is -0.137. The Morgan fingerprint density at radius 1 is 1.17 bits per heavy atom. The van der Waals surface area contributed by atoms with Gasteiger partial charge in [-0.2, -0.15) is 13.2 Å². The fourth-order valence-corrected chi connectivity index (χ4v) is 5.77. The van der Waals surface area contributed by atoms with Gasteiger partial charge in [0.05, 0.1) is 28.8 Å². The molecule has 4 atom stereocenters. The summed E-state index contributed by atoms with van der Waals surface area (Å²) in [4.78, 5) is 53.1. The summed E-state index contributed by atoms with van der Waals surface area (Å²) in [7, 11) is 0. The molecule has 12 heteroatoms. The van der Waals surface area contributed by atoms with Crippen LogP contribution in [-0.2, 0) is 30.9 Å². The SMILES string of the molecule is Cc1c(Cl)ccc2c1NC(=O)[C@]21N[C@@H](CCC(N)=O)[C@H]2C(=O)N(c3cccc(C(F)(F)F)c3)C(=O)[C@H]21. The topological polar surface area (TPSA) is 122 Å². The number of nitrogens with one attached hydrogen (secondary N) is 2. The molecule has 0 aromatic heterocycles. The monoisotopic (exact) mass is 520 g/mol. The number of amides is 4. The minimum atomic E-state index is -4.69. The Labute approximate surface area is 207 Å². The molecule has 2 fully saturated rings. The van der Waals surface area contributed by atoms with Crippen molar-refractivity contribution in [1.29, 1.82) is 0 Å². The molecule has 2 aromatic carbocycles. The van der Waals surface area contributed by atoms with E-state index in [1.165, 1.54) is 6.07 Å². The fraction of sp³-hybridized carbons (Fsp3) is 0.333. The van der Waals surface area contributed by atoms with E-state index in [0.717, 1.165) is 18.2 Å². The fourth-order valence-electron chi connectivity index (χ4n) is 5.61. The second-order valence-corrected chi connectivity index (χ2v) is 9.58. The molecule has 2 aromatic rings. The van der Waals surface area contributed by atoms with Crippen LogP contribution in [0.5, 0.6) is 0 Å². The van der Waals surface area contributed by atoms with Crippen molar-refractivity contribution < 1.29 is 32.3 Å². The molecule has 0 unspecified atom stereocenters. The molecule has 0 radical (unpaired) electrons. The normalized spacial score (nSPS) is 27.0. The second kappa shape index (κ2) is 8.04. The van der Waals surface area contributed by atoms with E-state index in [1.807, 2.05) is 0 Å². The first-order valence-electron chi connectivity index (χ1n) is 11.1. The van der Waals surface area contributed by atoms with E-state index in [9.17, 15) is 32.3 Å². The molecule has 0 saturated carbocycles. The van der Waals surface area contributed by atoms with Gasteiger partial charge in [0.25, 0.3) is 0 Å². The highest BCUT2D eigenvalue weighted by Crippen LogP contribution is 2.55. The molecule has 0 aliphatic carbocycles. The predicted molar refractivity (Wildman–Crippen MR) is 123 cm³/mol. The van der Waals surface area contributed by atoms with E-state index in [2.05, 4.69) is 10.6 Å². The molecular formula is C24H20ClF3N4O4. The van der Waals surface area contributed by atoms with Crippen LogP contribution in [0.25, 0.3) is 0 Å². The van der Waals surface area contributed by atoms with Crippen LogP contribution in [0, 0.1) is 18.8 Å². The molecule has 4 N–H and O–H groups in total. The Morgan fingerprint density at radius 3 is 2.56 bits per heavy atom. The van der Waals surface area contributed by atoms with Crippen molar-refractivity contribution in [2.75, 3.05) is 10.2 Å². The lowest BCUT2D eigenvalue weighted by atomic mass is 9.76. The molecule has 2 saturated heterocycles. The number of nitrogens with two attached hydrogens (primary N) is 1. The molecule has 3 heterocycles. The quantitative estimate of drug-likeness (QED) is 0.535. The van der Waals surface area contributed by atoms with E-state index < -0.39 is 58.8 Å². The van der Waals surface area contributed by atoms with Crippen LogP contribution >= 0.6 is 11.6 Å². The van der Waals surface area contributed by atoms with Crippen LogP contribution in [-0.4, -0.2) is 29.7 Å². The van der Waals surface area contributed by atoms with Gasteiger partial charge < -0.3 is 11.1 Å². The number of hydrogen-bond acceptors (Lipinski definition) is 5. The van der Waals surface area contributed by atoms with Crippen molar-refractivity contribution in [3.63, 3.8) is 0 Å². The van der Waals surface area contributed by atoms with Crippen molar-refractivity contribution in [3.8, 4) is 0 Å². The minimum Gasteiger partial charge on any atom is -0.370 e. The number of carbonyl (C=O) groups is 4. The highest BCUT2D eigenvalue weighted by atomic mass is 35.5. The maximum Gasteiger partial charge on any atom is 0.416 e. The summed E-state index contributed by atoms with van der Waals surface area (Å²) in [5, 5.41) is 6.26. The number of benzene rings is 2. The van der Waals surface area contributed by atoms with E-state index >= 15 is 0 Å². The third kappa shape index (κ3) is 3.33. The van der Waals surface area contributed by atoms with Crippen molar-refractivity contribution in [2.24, 2.45) is 17.6 Å². The average Bonchev–Trinajstić information content (AvgIpc) is 3.39. The zero-order valence-corrected chi connectivity index (χ0v) is 19.5. The number of hydrogen-bond donors (Lipinski definition) is 3. The summed E-state index contributed by atoms with van der Waals surface area (Å²) in [6.45, 7) is 1.69. The third-order valence-electron chi connectivity index (χ3n) is 7.22. The molecular weight excluding hydrogens is 501 g/mol. The molecule has 5 rings (SSSR count). The summed E-state index contributed by atoms with van der Waals surface area (Å²) < 4.78 is 40.0. The van der Waals surface area contributed by atoms with Gasteiger partial charge in [0.2, 0.25) is 23.6 Å². The standard InChI is InChI=1S/C24H20ClF3N4O4/c1-10-14(25)6-5-13-19(10)30-22(36)23(13)18-17(15(31-23)7-8-16(29)33)20(34)32(21(18)35)12-4-2-3-11(9-12)24(26,27)28/h2-6,9,15,17-18,31H,7-8H2,1H3,(H2,29,33)(H,30,36)/t15-,17+,18-,23-/m0/s1. The smallest absolute Gasteiger partial charge is 0.370 e. The zero-order valence-electron chi connectivity index (χ0n) is 18.8. The first-order valence-corrected chi connectivity index (χ1v) is 11.5. The van der Waals surface area contributed by atoms with Crippen LogP contribution in [0.15, 0.2) is 36.4 Å². The molecule has 3 aliphatic rings. The van der Waals surface area contributed by atoms with Crippen molar-refractivity contribution in [2.45, 2.75) is 37.5 Å². The number of alkyl halides is 3. The van der Waals surface area contributed by atoms with Crippen LogP contribution < -0.4 is 21.3 Å². The maximum atomic E-state index is 13.8. The van der Waals surface area contributed by atoms with Gasteiger partial charge in [-0.05, 0) is 43.2 Å². The molecule has 8 nitrogen and oxygen atoms in total. The van der Waals surface area contributed by atoms with E-state index in [1.54, 1.807) is 19.1 Å². The largest absolute Gasteiger partial charge is 0.416 e. The lowest BCUT2D eigenvalue weighted by Crippen LogP contribution is -2.53. The maximum absolute atomic E-state index is 13.8. The number of carbonyl (C=O) groups excluding carboxylic acids is 4. The molecule has 4 amide bonds. The number of nitrogens with zero attached hydrogens (tertiary/aromatic N) is 1. The van der Waals surface area contributed by atoms with Gasteiger partial charge in [0.1, 0.15) is 5.54 Å². The van der Waals surface area contributed by atoms with E-state index in [-0.39, 0.29) is 18.5 Å². The Balaban J connectivity index is 1.65. The zero-order chi connectivity index (χ0) is 26.2. The van der Waals surface area contributed by atoms with Crippen molar-refractivity contribution in [1.82, 2.24) is 5.32 Å². The van der Waals surface area contributed by atoms with Gasteiger partial charge in [-0.3, -0.25) is 24.5 Å². The number of anilines is 2. The van der Waals surface area contributed by atoms with Gasteiger partial charge >= 0.3 is 6.18 Å². The predicted octanol–water partition coefficient (Wildman–Crippen LogP) is 2.86. The lowest BCUT2D eigenvalue weighted by Gasteiger charge is -2.29. The molecule has 1 spiro atoms.